The predicted molar refractivity (Wildman–Crippen MR) is 86.9 cm³/mol. The van der Waals surface area contributed by atoms with E-state index in [1.807, 2.05) is 24.3 Å². The smallest absolute Gasteiger partial charge is 0.243 e. The molecule has 0 unspecified atom stereocenters. The molecule has 0 saturated carbocycles. The van der Waals surface area contributed by atoms with Crippen molar-refractivity contribution in [3.63, 3.8) is 0 Å². The van der Waals surface area contributed by atoms with Gasteiger partial charge in [0.1, 0.15) is 0 Å². The Balaban J connectivity index is 2.38. The molecule has 0 spiro atoms. The number of nitrogens with one attached hydrogen (secondary N) is 2. The highest BCUT2D eigenvalue weighted by atomic mass is 16.2. The van der Waals surface area contributed by atoms with Gasteiger partial charge in [0.15, 0.2) is 0 Å². The van der Waals surface area contributed by atoms with Gasteiger partial charge in [0.2, 0.25) is 11.8 Å². The summed E-state index contributed by atoms with van der Waals surface area (Å²) < 4.78 is 0. The van der Waals surface area contributed by atoms with Crippen molar-refractivity contribution in [2.24, 2.45) is 5.92 Å². The van der Waals surface area contributed by atoms with Crippen LogP contribution in [0.1, 0.15) is 39.2 Å². The van der Waals surface area contributed by atoms with E-state index in [4.69, 9.17) is 0 Å². The molecule has 1 rings (SSSR count). The lowest BCUT2D eigenvalue weighted by atomic mass is 10.1. The lowest BCUT2D eigenvalue weighted by molar-refractivity contribution is -0.116. The van der Waals surface area contributed by atoms with E-state index in [1.165, 1.54) is 13.0 Å². The second-order valence-corrected chi connectivity index (χ2v) is 5.46. The Bertz CT molecular complexity index is 490. The summed E-state index contributed by atoms with van der Waals surface area (Å²) in [4.78, 5) is 22.5. The van der Waals surface area contributed by atoms with E-state index >= 15 is 0 Å². The first kappa shape index (κ1) is 17.0. The van der Waals surface area contributed by atoms with Crippen LogP contribution in [-0.4, -0.2) is 18.4 Å². The molecule has 1 aromatic rings. The molecule has 0 aliphatic carbocycles. The van der Waals surface area contributed by atoms with Gasteiger partial charge in [-0.3, -0.25) is 9.59 Å². The molecule has 0 aromatic heterocycles. The molecule has 0 aliphatic heterocycles. The molecule has 0 fully saturated rings. The first-order valence-corrected chi connectivity index (χ1v) is 7.31. The van der Waals surface area contributed by atoms with Crippen LogP contribution < -0.4 is 10.6 Å². The normalized spacial score (nSPS) is 10.9. The lowest BCUT2D eigenvalue weighted by Crippen LogP contribution is -2.22. The molecular formula is C17H24N2O2. The molecule has 21 heavy (non-hydrogen) atoms. The number of rotatable bonds is 7. The maximum absolute atomic E-state index is 11.6. The molecule has 4 heteroatoms. The number of carbonyl (C=O) groups excluding carboxylic acids is 2. The van der Waals surface area contributed by atoms with Gasteiger partial charge in [-0.25, -0.2) is 0 Å². The third-order valence-electron chi connectivity index (χ3n) is 2.92. The molecule has 2 amide bonds. The summed E-state index contributed by atoms with van der Waals surface area (Å²) in [7, 11) is 0. The minimum Gasteiger partial charge on any atom is -0.353 e. The number of anilines is 1. The van der Waals surface area contributed by atoms with Crippen LogP contribution in [0.25, 0.3) is 6.08 Å². The second kappa shape index (κ2) is 8.95. The maximum atomic E-state index is 11.6. The average Bonchev–Trinajstić information content (AvgIpc) is 2.42. The zero-order valence-electron chi connectivity index (χ0n) is 13.0. The SMILES string of the molecule is CC(=O)Nc1ccc(/C=C/C(=O)NCCCC(C)C)cc1. The Labute approximate surface area is 126 Å². The van der Waals surface area contributed by atoms with Gasteiger partial charge >= 0.3 is 0 Å². The third kappa shape index (κ3) is 7.92. The molecule has 0 bridgehead atoms. The average molecular weight is 288 g/mol. The van der Waals surface area contributed by atoms with E-state index in [1.54, 1.807) is 6.08 Å². The van der Waals surface area contributed by atoms with Gasteiger partial charge in [0.25, 0.3) is 0 Å². The van der Waals surface area contributed by atoms with Crippen molar-refractivity contribution in [1.29, 1.82) is 0 Å². The summed E-state index contributed by atoms with van der Waals surface area (Å²) in [5, 5.41) is 5.56. The number of carbonyl (C=O) groups is 2. The van der Waals surface area contributed by atoms with Crippen LogP contribution in [0.4, 0.5) is 5.69 Å². The van der Waals surface area contributed by atoms with Crippen molar-refractivity contribution in [1.82, 2.24) is 5.32 Å². The summed E-state index contributed by atoms with van der Waals surface area (Å²) in [6.45, 7) is 6.53. The van der Waals surface area contributed by atoms with Crippen LogP contribution in [0.3, 0.4) is 0 Å². The van der Waals surface area contributed by atoms with Gasteiger partial charge in [0.05, 0.1) is 0 Å². The zero-order valence-corrected chi connectivity index (χ0v) is 13.0. The molecule has 0 aliphatic rings. The molecule has 1 aromatic carbocycles. The molecule has 4 nitrogen and oxygen atoms in total. The van der Waals surface area contributed by atoms with Crippen LogP contribution in [0.2, 0.25) is 0 Å². The lowest BCUT2D eigenvalue weighted by Gasteiger charge is -2.04. The minimum atomic E-state index is -0.0981. The fourth-order valence-corrected chi connectivity index (χ4v) is 1.83. The van der Waals surface area contributed by atoms with Crippen LogP contribution in [0.5, 0.6) is 0 Å². The maximum Gasteiger partial charge on any atom is 0.243 e. The van der Waals surface area contributed by atoms with Crippen LogP contribution in [-0.2, 0) is 9.59 Å². The van der Waals surface area contributed by atoms with Crippen molar-refractivity contribution in [3.05, 3.63) is 35.9 Å². The highest BCUT2D eigenvalue weighted by Gasteiger charge is 1.98. The fraction of sp³-hybridized carbons (Fsp3) is 0.412. The van der Waals surface area contributed by atoms with Gasteiger partial charge in [-0.15, -0.1) is 0 Å². The third-order valence-corrected chi connectivity index (χ3v) is 2.92. The number of benzene rings is 1. The van der Waals surface area contributed by atoms with Crippen molar-refractivity contribution in [2.75, 3.05) is 11.9 Å². The van der Waals surface area contributed by atoms with Gasteiger partial charge in [-0.1, -0.05) is 26.0 Å². The Morgan fingerprint density at radius 1 is 1.19 bits per heavy atom. The topological polar surface area (TPSA) is 58.2 Å². The summed E-state index contributed by atoms with van der Waals surface area (Å²) in [6.07, 6.45) is 5.41. The van der Waals surface area contributed by atoms with Crippen molar-refractivity contribution >= 4 is 23.6 Å². The Kier molecular flexibility index (Phi) is 7.23. The number of hydrogen-bond donors (Lipinski definition) is 2. The Morgan fingerprint density at radius 3 is 2.43 bits per heavy atom. The van der Waals surface area contributed by atoms with E-state index in [0.29, 0.717) is 12.5 Å². The van der Waals surface area contributed by atoms with Gasteiger partial charge < -0.3 is 10.6 Å². The highest BCUT2D eigenvalue weighted by molar-refractivity contribution is 5.92. The van der Waals surface area contributed by atoms with Crippen LogP contribution in [0.15, 0.2) is 30.3 Å². The monoisotopic (exact) mass is 288 g/mol. The first-order chi connectivity index (χ1) is 9.97. The van der Waals surface area contributed by atoms with Gasteiger partial charge in [-0.05, 0) is 42.5 Å². The highest BCUT2D eigenvalue weighted by Crippen LogP contribution is 2.10. The fourth-order valence-electron chi connectivity index (χ4n) is 1.83. The number of amides is 2. The zero-order chi connectivity index (χ0) is 15.7. The molecule has 0 atom stereocenters. The summed E-state index contributed by atoms with van der Waals surface area (Å²) in [5.41, 5.74) is 1.67. The Morgan fingerprint density at radius 2 is 1.86 bits per heavy atom. The van der Waals surface area contributed by atoms with Gasteiger partial charge in [-0.2, -0.15) is 0 Å². The molecule has 0 heterocycles. The van der Waals surface area contributed by atoms with Crippen molar-refractivity contribution in [2.45, 2.75) is 33.6 Å². The quantitative estimate of drug-likeness (QED) is 0.598. The summed E-state index contributed by atoms with van der Waals surface area (Å²) in [5.74, 6) is 0.489. The number of hydrogen-bond acceptors (Lipinski definition) is 2. The summed E-state index contributed by atoms with van der Waals surface area (Å²) in [6, 6.07) is 7.32. The Hall–Kier alpha value is -2.10. The van der Waals surface area contributed by atoms with Gasteiger partial charge in [0, 0.05) is 25.2 Å². The van der Waals surface area contributed by atoms with E-state index in [2.05, 4.69) is 24.5 Å². The van der Waals surface area contributed by atoms with E-state index in [-0.39, 0.29) is 11.8 Å². The molecule has 114 valence electrons. The van der Waals surface area contributed by atoms with E-state index < -0.39 is 0 Å². The van der Waals surface area contributed by atoms with E-state index in [9.17, 15) is 9.59 Å². The van der Waals surface area contributed by atoms with Crippen LogP contribution in [0, 0.1) is 5.92 Å². The molecule has 0 radical (unpaired) electrons. The van der Waals surface area contributed by atoms with Crippen molar-refractivity contribution in [3.8, 4) is 0 Å². The minimum absolute atomic E-state index is 0.0790. The second-order valence-electron chi connectivity index (χ2n) is 5.46. The predicted octanol–water partition coefficient (Wildman–Crippen LogP) is 3.21. The molecular weight excluding hydrogens is 264 g/mol. The molecule has 2 N–H and O–H groups in total. The van der Waals surface area contributed by atoms with E-state index in [0.717, 1.165) is 24.1 Å². The van der Waals surface area contributed by atoms with Crippen LogP contribution >= 0.6 is 0 Å². The van der Waals surface area contributed by atoms with Crippen molar-refractivity contribution < 1.29 is 9.59 Å². The summed E-state index contributed by atoms with van der Waals surface area (Å²) >= 11 is 0. The largest absolute Gasteiger partial charge is 0.353 e. The molecule has 0 saturated heterocycles. The first-order valence-electron chi connectivity index (χ1n) is 7.31. The standard InChI is InChI=1S/C17H24N2O2/c1-13(2)5-4-12-18-17(21)11-8-15-6-9-16(10-7-15)19-14(3)20/h6-11,13H,4-5,12H2,1-3H3,(H,18,21)(H,19,20)/b11-8+.